The third-order valence-corrected chi connectivity index (χ3v) is 3.32. The number of likely N-dealkylation sites (N-methyl/N-ethyl adjacent to an activating group) is 1. The molecule has 0 saturated carbocycles. The topological polar surface area (TPSA) is 88.1 Å². The molecule has 1 aliphatic rings. The first kappa shape index (κ1) is 16.7. The van der Waals surface area contributed by atoms with E-state index in [0.717, 1.165) is 6.42 Å². The van der Waals surface area contributed by atoms with Gasteiger partial charge in [0.2, 0.25) is 0 Å². The van der Waals surface area contributed by atoms with Crippen LogP contribution in [0, 0.1) is 5.92 Å². The van der Waals surface area contributed by atoms with Crippen molar-refractivity contribution in [2.45, 2.75) is 26.3 Å². The fourth-order valence-electron chi connectivity index (χ4n) is 2.23. The number of rotatable bonds is 8. The number of amides is 2. The molecule has 0 aromatic heterocycles. The number of carbonyl (C=O) groups excluding carboxylic acids is 1. The average molecular weight is 288 g/mol. The van der Waals surface area contributed by atoms with Gasteiger partial charge in [-0.05, 0) is 20.3 Å². The fourth-order valence-corrected chi connectivity index (χ4v) is 2.23. The van der Waals surface area contributed by atoms with E-state index < -0.39 is 17.9 Å². The van der Waals surface area contributed by atoms with Gasteiger partial charge in [0, 0.05) is 26.3 Å². The van der Waals surface area contributed by atoms with Crippen LogP contribution >= 0.6 is 0 Å². The van der Waals surface area contributed by atoms with E-state index in [1.807, 2.05) is 13.8 Å². The lowest BCUT2D eigenvalue weighted by molar-refractivity contribution is -0.142. The smallest absolute Gasteiger partial charge is 0.317 e. The summed E-state index contributed by atoms with van der Waals surface area (Å²) in [7, 11) is 0. The van der Waals surface area contributed by atoms with E-state index in [9.17, 15) is 9.59 Å². The first-order valence-corrected chi connectivity index (χ1v) is 7.04. The van der Waals surface area contributed by atoms with Gasteiger partial charge in [-0.25, -0.2) is 4.79 Å². The molecule has 1 aliphatic heterocycles. The van der Waals surface area contributed by atoms with Crippen LogP contribution in [0.5, 0.6) is 0 Å². The minimum absolute atomic E-state index is 0.161. The zero-order valence-electron chi connectivity index (χ0n) is 12.1. The molecule has 1 fully saturated rings. The van der Waals surface area contributed by atoms with Crippen molar-refractivity contribution in [1.29, 1.82) is 0 Å². The monoisotopic (exact) mass is 288 g/mol. The largest absolute Gasteiger partial charge is 0.481 e. The van der Waals surface area contributed by atoms with E-state index in [1.165, 1.54) is 4.90 Å². The van der Waals surface area contributed by atoms with Gasteiger partial charge in [-0.1, -0.05) is 0 Å². The Kier molecular flexibility index (Phi) is 7.32. The number of hydrogen-bond donors (Lipinski definition) is 2. The number of carboxylic acids is 1. The van der Waals surface area contributed by atoms with Crippen LogP contribution in [0.3, 0.4) is 0 Å². The minimum Gasteiger partial charge on any atom is -0.481 e. The molecular weight excluding hydrogens is 264 g/mol. The van der Waals surface area contributed by atoms with Gasteiger partial charge in [0.1, 0.15) is 5.92 Å². The van der Waals surface area contributed by atoms with Crippen LogP contribution in [0.15, 0.2) is 0 Å². The normalized spacial score (nSPS) is 21.7. The van der Waals surface area contributed by atoms with Crippen molar-refractivity contribution in [3.05, 3.63) is 0 Å². The van der Waals surface area contributed by atoms with Gasteiger partial charge in [0.25, 0.3) is 0 Å². The summed E-state index contributed by atoms with van der Waals surface area (Å²) in [5, 5.41) is 11.9. The van der Waals surface area contributed by atoms with Crippen LogP contribution in [0.2, 0.25) is 0 Å². The number of ether oxygens (including phenoxy) is 2. The second-order valence-corrected chi connectivity index (χ2v) is 4.62. The number of aliphatic carboxylic acids is 1. The summed E-state index contributed by atoms with van der Waals surface area (Å²) in [6.07, 6.45) is 0.737. The van der Waals surface area contributed by atoms with E-state index >= 15 is 0 Å². The SMILES string of the molecule is CCOCCCNC(=O)N(CC)C1COCC1C(=O)O. The maximum atomic E-state index is 12.1. The highest BCUT2D eigenvalue weighted by molar-refractivity contribution is 5.77. The van der Waals surface area contributed by atoms with Crippen LogP contribution in [0.25, 0.3) is 0 Å². The average Bonchev–Trinajstić information content (AvgIpc) is 2.89. The summed E-state index contributed by atoms with van der Waals surface area (Å²) in [5.74, 6) is -1.57. The number of nitrogens with zero attached hydrogens (tertiary/aromatic N) is 1. The summed E-state index contributed by atoms with van der Waals surface area (Å²) < 4.78 is 10.4. The predicted octanol–water partition coefficient (Wildman–Crippen LogP) is 0.544. The Labute approximate surface area is 119 Å². The molecule has 0 aromatic carbocycles. The molecule has 20 heavy (non-hydrogen) atoms. The highest BCUT2D eigenvalue weighted by atomic mass is 16.5. The number of carboxylic acid groups (broad SMARTS) is 1. The number of nitrogens with one attached hydrogen (secondary N) is 1. The molecule has 0 bridgehead atoms. The summed E-state index contributed by atoms with van der Waals surface area (Å²) in [6.45, 7) is 6.42. The van der Waals surface area contributed by atoms with Gasteiger partial charge in [0.05, 0.1) is 19.3 Å². The molecule has 7 heteroatoms. The number of hydrogen-bond acceptors (Lipinski definition) is 4. The second kappa shape index (κ2) is 8.76. The molecule has 2 unspecified atom stereocenters. The third-order valence-electron chi connectivity index (χ3n) is 3.32. The number of carbonyl (C=O) groups is 2. The number of urea groups is 1. The molecule has 1 heterocycles. The standard InChI is InChI=1S/C13H24N2O5/c1-3-15(11-9-20-8-10(11)12(16)17)13(18)14-6-5-7-19-4-2/h10-11H,3-9H2,1-2H3,(H,14,18)(H,16,17). The minimum atomic E-state index is -0.921. The summed E-state index contributed by atoms with van der Waals surface area (Å²) >= 11 is 0. The van der Waals surface area contributed by atoms with Gasteiger partial charge in [-0.2, -0.15) is 0 Å². The molecule has 7 nitrogen and oxygen atoms in total. The van der Waals surface area contributed by atoms with E-state index in [-0.39, 0.29) is 19.2 Å². The maximum absolute atomic E-state index is 12.1. The van der Waals surface area contributed by atoms with Crippen LogP contribution in [-0.4, -0.2) is 67.6 Å². The van der Waals surface area contributed by atoms with Crippen molar-refractivity contribution < 1.29 is 24.2 Å². The molecule has 116 valence electrons. The van der Waals surface area contributed by atoms with Crippen LogP contribution in [0.1, 0.15) is 20.3 Å². The first-order valence-electron chi connectivity index (χ1n) is 7.04. The van der Waals surface area contributed by atoms with Crippen molar-refractivity contribution in [2.75, 3.05) is 39.5 Å². The Morgan fingerprint density at radius 3 is 2.75 bits per heavy atom. The van der Waals surface area contributed by atoms with E-state index in [2.05, 4.69) is 5.32 Å². The molecule has 1 saturated heterocycles. The highest BCUT2D eigenvalue weighted by Gasteiger charge is 2.39. The summed E-state index contributed by atoms with van der Waals surface area (Å²) in [5.41, 5.74) is 0. The summed E-state index contributed by atoms with van der Waals surface area (Å²) in [4.78, 5) is 24.8. The molecule has 2 atom stereocenters. The van der Waals surface area contributed by atoms with Gasteiger partial charge < -0.3 is 24.8 Å². The molecule has 0 aromatic rings. The van der Waals surface area contributed by atoms with Crippen molar-refractivity contribution in [1.82, 2.24) is 10.2 Å². The van der Waals surface area contributed by atoms with E-state index in [1.54, 1.807) is 0 Å². The second-order valence-electron chi connectivity index (χ2n) is 4.62. The zero-order valence-corrected chi connectivity index (χ0v) is 12.1. The molecule has 1 rings (SSSR count). The third kappa shape index (κ3) is 4.64. The lowest BCUT2D eigenvalue weighted by atomic mass is 10.0. The van der Waals surface area contributed by atoms with Crippen LogP contribution in [0.4, 0.5) is 4.79 Å². The Bertz CT molecular complexity index is 324. The Morgan fingerprint density at radius 1 is 1.40 bits per heavy atom. The molecule has 2 N–H and O–H groups in total. The molecule has 0 aliphatic carbocycles. The van der Waals surface area contributed by atoms with Crippen molar-refractivity contribution in [2.24, 2.45) is 5.92 Å². The Morgan fingerprint density at radius 2 is 2.15 bits per heavy atom. The van der Waals surface area contributed by atoms with Crippen molar-refractivity contribution in [3.63, 3.8) is 0 Å². The Hall–Kier alpha value is -1.34. The predicted molar refractivity (Wildman–Crippen MR) is 72.6 cm³/mol. The van der Waals surface area contributed by atoms with E-state index in [0.29, 0.717) is 26.3 Å². The van der Waals surface area contributed by atoms with Crippen molar-refractivity contribution >= 4 is 12.0 Å². The van der Waals surface area contributed by atoms with Gasteiger partial charge >= 0.3 is 12.0 Å². The van der Waals surface area contributed by atoms with Crippen LogP contribution in [-0.2, 0) is 14.3 Å². The molecular formula is C13H24N2O5. The molecule has 0 spiro atoms. The fraction of sp³-hybridized carbons (Fsp3) is 0.846. The lowest BCUT2D eigenvalue weighted by Gasteiger charge is -2.29. The van der Waals surface area contributed by atoms with Crippen molar-refractivity contribution in [3.8, 4) is 0 Å². The van der Waals surface area contributed by atoms with Gasteiger partial charge in [0.15, 0.2) is 0 Å². The lowest BCUT2D eigenvalue weighted by Crippen LogP contribution is -2.50. The summed E-state index contributed by atoms with van der Waals surface area (Å²) in [6, 6.07) is -0.643. The zero-order chi connectivity index (χ0) is 15.0. The first-order chi connectivity index (χ1) is 9.61. The molecule has 0 radical (unpaired) electrons. The van der Waals surface area contributed by atoms with E-state index in [4.69, 9.17) is 14.6 Å². The van der Waals surface area contributed by atoms with Gasteiger partial charge in [-0.3, -0.25) is 4.79 Å². The van der Waals surface area contributed by atoms with Crippen LogP contribution < -0.4 is 5.32 Å². The maximum Gasteiger partial charge on any atom is 0.317 e. The quantitative estimate of drug-likeness (QED) is 0.637. The Balaban J connectivity index is 2.44. The van der Waals surface area contributed by atoms with Gasteiger partial charge in [-0.15, -0.1) is 0 Å². The highest BCUT2D eigenvalue weighted by Crippen LogP contribution is 2.20. The molecule has 2 amide bonds.